The summed E-state index contributed by atoms with van der Waals surface area (Å²) < 4.78 is 26.6. The Bertz CT molecular complexity index is 620. The van der Waals surface area contributed by atoms with E-state index < -0.39 is 10.0 Å². The number of nitrogens with zero attached hydrogens (tertiary/aromatic N) is 1. The van der Waals surface area contributed by atoms with Crippen LogP contribution in [0.2, 0.25) is 0 Å². The van der Waals surface area contributed by atoms with Gasteiger partial charge in [-0.15, -0.1) is 11.3 Å². The Hall–Kier alpha value is -1.28. The highest BCUT2D eigenvalue weighted by Crippen LogP contribution is 2.15. The van der Waals surface area contributed by atoms with E-state index in [0.29, 0.717) is 0 Å². The number of thiazole rings is 1. The van der Waals surface area contributed by atoms with Gasteiger partial charge in [0.25, 0.3) is 0 Å². The fourth-order valence-corrected chi connectivity index (χ4v) is 3.16. The number of nitrogens with one attached hydrogen (secondary N) is 1. The van der Waals surface area contributed by atoms with Crippen molar-refractivity contribution in [1.29, 1.82) is 0 Å². The Morgan fingerprint density at radius 1 is 1.37 bits per heavy atom. The van der Waals surface area contributed by atoms with Gasteiger partial charge in [-0.25, -0.2) is 13.1 Å². The molecule has 0 aliphatic carbocycles. The van der Waals surface area contributed by atoms with Crippen molar-refractivity contribution in [3.63, 3.8) is 0 Å². The average molecular weight is 297 g/mol. The third-order valence-electron chi connectivity index (χ3n) is 2.64. The molecule has 7 heteroatoms. The quantitative estimate of drug-likeness (QED) is 0.878. The highest BCUT2D eigenvalue weighted by Gasteiger charge is 2.14. The molecule has 1 aromatic carbocycles. The zero-order chi connectivity index (χ0) is 13.9. The largest absolute Gasteiger partial charge is 0.324 e. The van der Waals surface area contributed by atoms with E-state index in [0.717, 1.165) is 10.4 Å². The van der Waals surface area contributed by atoms with E-state index in [-0.39, 0.29) is 17.5 Å². The van der Waals surface area contributed by atoms with Crippen LogP contribution < -0.4 is 10.5 Å². The van der Waals surface area contributed by atoms with E-state index in [1.54, 1.807) is 36.0 Å². The van der Waals surface area contributed by atoms with Crippen LogP contribution >= 0.6 is 11.3 Å². The topological polar surface area (TPSA) is 85.1 Å². The van der Waals surface area contributed by atoms with E-state index in [4.69, 9.17) is 5.73 Å². The maximum absolute atomic E-state index is 12.1. The predicted molar refractivity (Wildman–Crippen MR) is 75.2 cm³/mol. The van der Waals surface area contributed by atoms with Crippen LogP contribution in [0, 0.1) is 0 Å². The van der Waals surface area contributed by atoms with Gasteiger partial charge in [0.15, 0.2) is 0 Å². The molecule has 1 aromatic heterocycles. The molecule has 1 atom stereocenters. The van der Waals surface area contributed by atoms with Crippen LogP contribution in [0.3, 0.4) is 0 Å². The maximum Gasteiger partial charge on any atom is 0.240 e. The van der Waals surface area contributed by atoms with Crippen molar-refractivity contribution < 1.29 is 8.42 Å². The first kappa shape index (κ1) is 14.1. The molecule has 0 fully saturated rings. The monoisotopic (exact) mass is 297 g/mol. The van der Waals surface area contributed by atoms with Crippen molar-refractivity contribution in [2.24, 2.45) is 5.73 Å². The first-order chi connectivity index (χ1) is 8.99. The molecule has 3 N–H and O–H groups in total. The normalized spacial score (nSPS) is 13.4. The molecule has 0 aliphatic heterocycles. The number of sulfonamides is 1. The molecule has 1 unspecified atom stereocenters. The van der Waals surface area contributed by atoms with Crippen LogP contribution in [0.4, 0.5) is 0 Å². The average Bonchev–Trinajstić information content (AvgIpc) is 2.90. The number of hydrogen-bond acceptors (Lipinski definition) is 5. The number of benzene rings is 1. The molecule has 0 saturated carbocycles. The first-order valence-electron chi connectivity index (χ1n) is 5.71. The second-order valence-electron chi connectivity index (χ2n) is 4.15. The van der Waals surface area contributed by atoms with Crippen molar-refractivity contribution in [1.82, 2.24) is 9.71 Å². The Balaban J connectivity index is 2.10. The Morgan fingerprint density at radius 3 is 2.58 bits per heavy atom. The summed E-state index contributed by atoms with van der Waals surface area (Å²) in [6.45, 7) is 2.10. The third kappa shape index (κ3) is 3.60. The van der Waals surface area contributed by atoms with Crippen LogP contribution in [-0.2, 0) is 16.6 Å². The number of aromatic nitrogens is 1. The molecule has 0 radical (unpaired) electrons. The summed E-state index contributed by atoms with van der Waals surface area (Å²) in [5.41, 5.74) is 8.30. The summed E-state index contributed by atoms with van der Waals surface area (Å²) in [4.78, 5) is 5.00. The van der Waals surface area contributed by atoms with Gasteiger partial charge in [0, 0.05) is 23.7 Å². The molecule has 0 amide bonds. The van der Waals surface area contributed by atoms with E-state index in [1.165, 1.54) is 11.3 Å². The Labute approximate surface area is 116 Å². The summed E-state index contributed by atoms with van der Waals surface area (Å²) >= 11 is 1.41. The number of rotatable bonds is 5. The molecule has 19 heavy (non-hydrogen) atoms. The van der Waals surface area contributed by atoms with Gasteiger partial charge in [-0.1, -0.05) is 12.1 Å². The van der Waals surface area contributed by atoms with Gasteiger partial charge in [-0.05, 0) is 24.6 Å². The lowest BCUT2D eigenvalue weighted by molar-refractivity contribution is 0.581. The zero-order valence-corrected chi connectivity index (χ0v) is 12.0. The molecule has 5 nitrogen and oxygen atoms in total. The van der Waals surface area contributed by atoms with Gasteiger partial charge >= 0.3 is 0 Å². The summed E-state index contributed by atoms with van der Waals surface area (Å²) in [7, 11) is -3.49. The molecule has 0 bridgehead atoms. The molecule has 1 heterocycles. The second-order valence-corrected chi connectivity index (χ2v) is 6.89. The van der Waals surface area contributed by atoms with Crippen molar-refractivity contribution in [3.05, 3.63) is 46.4 Å². The molecule has 2 aromatic rings. The summed E-state index contributed by atoms with van der Waals surface area (Å²) in [5.74, 6) is 0. The van der Waals surface area contributed by atoms with Crippen LogP contribution in [-0.4, -0.2) is 13.4 Å². The fraction of sp³-hybridized carbons (Fsp3) is 0.250. The minimum Gasteiger partial charge on any atom is -0.324 e. The highest BCUT2D eigenvalue weighted by molar-refractivity contribution is 7.89. The second kappa shape index (κ2) is 5.79. The number of hydrogen-bond donors (Lipinski definition) is 2. The summed E-state index contributed by atoms with van der Waals surface area (Å²) in [6.07, 6.45) is 1.65. The standard InChI is InChI=1S/C12H15N3O2S2/c1-9(13)10-2-4-12(5-3-10)19(16,17)15-7-11-6-14-8-18-11/h2-6,8-9,15H,7,13H2,1H3. The summed E-state index contributed by atoms with van der Waals surface area (Å²) in [6, 6.07) is 6.47. The fourth-order valence-electron chi connectivity index (χ4n) is 1.53. The Kier molecular flexibility index (Phi) is 4.31. The van der Waals surface area contributed by atoms with E-state index in [9.17, 15) is 8.42 Å². The van der Waals surface area contributed by atoms with E-state index in [1.807, 2.05) is 6.92 Å². The smallest absolute Gasteiger partial charge is 0.240 e. The van der Waals surface area contributed by atoms with Gasteiger partial charge < -0.3 is 5.73 Å². The van der Waals surface area contributed by atoms with Gasteiger partial charge in [0.2, 0.25) is 10.0 Å². The predicted octanol–water partition coefficient (Wildman–Crippen LogP) is 1.64. The van der Waals surface area contributed by atoms with Crippen molar-refractivity contribution in [2.45, 2.75) is 24.4 Å². The third-order valence-corrected chi connectivity index (χ3v) is 4.83. The molecule has 102 valence electrons. The molecule has 0 aliphatic rings. The molecule has 2 rings (SSSR count). The first-order valence-corrected chi connectivity index (χ1v) is 8.08. The van der Waals surface area contributed by atoms with Gasteiger partial charge in [0.1, 0.15) is 0 Å². The molecular weight excluding hydrogens is 282 g/mol. The lowest BCUT2D eigenvalue weighted by Gasteiger charge is -2.08. The van der Waals surface area contributed by atoms with Gasteiger partial charge in [0.05, 0.1) is 10.4 Å². The van der Waals surface area contributed by atoms with E-state index in [2.05, 4.69) is 9.71 Å². The lowest BCUT2D eigenvalue weighted by Crippen LogP contribution is -2.22. The highest BCUT2D eigenvalue weighted by atomic mass is 32.2. The maximum atomic E-state index is 12.1. The minimum atomic E-state index is -3.49. The summed E-state index contributed by atoms with van der Waals surface area (Å²) in [5, 5.41) is 0. The van der Waals surface area contributed by atoms with Crippen LogP contribution in [0.25, 0.3) is 0 Å². The SMILES string of the molecule is CC(N)c1ccc(S(=O)(=O)NCc2cncs2)cc1. The Morgan fingerprint density at radius 2 is 2.05 bits per heavy atom. The van der Waals surface area contributed by atoms with Gasteiger partial charge in [-0.3, -0.25) is 4.98 Å². The molecule has 0 spiro atoms. The van der Waals surface area contributed by atoms with Crippen molar-refractivity contribution >= 4 is 21.4 Å². The van der Waals surface area contributed by atoms with Crippen molar-refractivity contribution in [2.75, 3.05) is 0 Å². The lowest BCUT2D eigenvalue weighted by atomic mass is 10.1. The zero-order valence-electron chi connectivity index (χ0n) is 10.4. The van der Waals surface area contributed by atoms with Crippen molar-refractivity contribution in [3.8, 4) is 0 Å². The van der Waals surface area contributed by atoms with E-state index >= 15 is 0 Å². The van der Waals surface area contributed by atoms with Crippen LogP contribution in [0.5, 0.6) is 0 Å². The number of nitrogens with two attached hydrogens (primary N) is 1. The van der Waals surface area contributed by atoms with Gasteiger partial charge in [-0.2, -0.15) is 0 Å². The van der Waals surface area contributed by atoms with Crippen LogP contribution in [0.15, 0.2) is 40.9 Å². The minimum absolute atomic E-state index is 0.109. The molecular formula is C12H15N3O2S2. The van der Waals surface area contributed by atoms with Crippen LogP contribution in [0.1, 0.15) is 23.4 Å². The molecule has 0 saturated heterocycles.